The first-order valence-electron chi connectivity index (χ1n) is 9.52. The summed E-state index contributed by atoms with van der Waals surface area (Å²) in [6.45, 7) is 3.70. The summed E-state index contributed by atoms with van der Waals surface area (Å²) in [5.41, 5.74) is 4.03. The van der Waals surface area contributed by atoms with E-state index in [4.69, 9.17) is 0 Å². The lowest BCUT2D eigenvalue weighted by molar-refractivity contribution is -0.117. The Bertz CT molecular complexity index is 1430. The standard InChI is InChI=1S/C21H17N5O3S2/c1-10-11(2)31-19-18(10)20(29)26(9-22-19)7-17(28)25-21-24-15(8-30-21)12-3-4-14-13(5-12)6-16(27)23-14/h3-5,8-9H,6-7H2,1-2H3,(H,23,27)(H,24,25,28). The average molecular weight is 452 g/mol. The van der Waals surface area contributed by atoms with E-state index in [1.165, 1.54) is 33.6 Å². The van der Waals surface area contributed by atoms with Gasteiger partial charge in [0.15, 0.2) is 5.13 Å². The minimum absolute atomic E-state index is 0.0193. The number of hydrogen-bond acceptors (Lipinski definition) is 7. The van der Waals surface area contributed by atoms with Crippen LogP contribution in [0.1, 0.15) is 16.0 Å². The molecule has 2 N–H and O–H groups in total. The number of carbonyl (C=O) groups is 2. The Morgan fingerprint density at radius 2 is 2.13 bits per heavy atom. The first-order chi connectivity index (χ1) is 14.9. The van der Waals surface area contributed by atoms with Crippen molar-refractivity contribution in [3.8, 4) is 11.3 Å². The van der Waals surface area contributed by atoms with Crippen molar-refractivity contribution in [3.63, 3.8) is 0 Å². The van der Waals surface area contributed by atoms with Crippen molar-refractivity contribution in [2.45, 2.75) is 26.8 Å². The molecule has 5 rings (SSSR count). The van der Waals surface area contributed by atoms with Crippen molar-refractivity contribution < 1.29 is 9.59 Å². The van der Waals surface area contributed by atoms with Gasteiger partial charge in [0, 0.05) is 21.5 Å². The van der Waals surface area contributed by atoms with Gasteiger partial charge in [-0.3, -0.25) is 19.0 Å². The molecule has 10 heteroatoms. The quantitative estimate of drug-likeness (QED) is 0.495. The van der Waals surface area contributed by atoms with Crippen molar-refractivity contribution in [2.75, 3.05) is 10.6 Å². The Balaban J connectivity index is 1.33. The molecule has 4 aromatic rings. The number of carbonyl (C=O) groups excluding carboxylic acids is 2. The smallest absolute Gasteiger partial charge is 0.262 e. The van der Waals surface area contributed by atoms with Gasteiger partial charge in [0.25, 0.3) is 5.56 Å². The summed E-state index contributed by atoms with van der Waals surface area (Å²) in [6.07, 6.45) is 1.76. The molecule has 0 radical (unpaired) electrons. The average Bonchev–Trinajstić information content (AvgIpc) is 3.41. The van der Waals surface area contributed by atoms with Gasteiger partial charge in [-0.2, -0.15) is 0 Å². The van der Waals surface area contributed by atoms with Crippen LogP contribution in [0.4, 0.5) is 10.8 Å². The van der Waals surface area contributed by atoms with Crippen molar-refractivity contribution in [2.24, 2.45) is 0 Å². The van der Waals surface area contributed by atoms with E-state index in [-0.39, 0.29) is 23.9 Å². The first-order valence-corrected chi connectivity index (χ1v) is 11.2. The predicted molar refractivity (Wildman–Crippen MR) is 122 cm³/mol. The topological polar surface area (TPSA) is 106 Å². The molecule has 8 nitrogen and oxygen atoms in total. The maximum absolute atomic E-state index is 12.8. The minimum atomic E-state index is -0.350. The molecule has 0 unspecified atom stereocenters. The van der Waals surface area contributed by atoms with Crippen molar-refractivity contribution in [1.29, 1.82) is 0 Å². The number of hydrogen-bond donors (Lipinski definition) is 2. The summed E-state index contributed by atoms with van der Waals surface area (Å²) in [6, 6.07) is 5.67. The minimum Gasteiger partial charge on any atom is -0.326 e. The van der Waals surface area contributed by atoms with E-state index in [0.29, 0.717) is 27.5 Å². The Kier molecular flexibility index (Phi) is 4.67. The molecule has 4 heterocycles. The lowest BCUT2D eigenvalue weighted by atomic mass is 10.1. The summed E-state index contributed by atoms with van der Waals surface area (Å²) in [5, 5.41) is 8.42. The number of thiazole rings is 1. The number of fused-ring (bicyclic) bond motifs is 2. The summed E-state index contributed by atoms with van der Waals surface area (Å²) >= 11 is 2.78. The highest BCUT2D eigenvalue weighted by Gasteiger charge is 2.19. The van der Waals surface area contributed by atoms with E-state index in [0.717, 1.165) is 27.3 Å². The van der Waals surface area contributed by atoms with Crippen LogP contribution < -0.4 is 16.2 Å². The van der Waals surface area contributed by atoms with Gasteiger partial charge < -0.3 is 10.6 Å². The molecular formula is C21H17N5O3S2. The number of amides is 2. The van der Waals surface area contributed by atoms with E-state index in [9.17, 15) is 14.4 Å². The van der Waals surface area contributed by atoms with Crippen LogP contribution in [-0.2, 0) is 22.6 Å². The summed E-state index contributed by atoms with van der Waals surface area (Å²) in [4.78, 5) is 47.4. The Morgan fingerprint density at radius 3 is 2.97 bits per heavy atom. The molecule has 0 saturated heterocycles. The van der Waals surface area contributed by atoms with Crippen molar-refractivity contribution in [3.05, 3.63) is 56.3 Å². The zero-order chi connectivity index (χ0) is 21.7. The van der Waals surface area contributed by atoms with Gasteiger partial charge >= 0.3 is 0 Å². The highest BCUT2D eigenvalue weighted by molar-refractivity contribution is 7.18. The number of benzene rings is 1. The van der Waals surface area contributed by atoms with E-state index in [1.807, 2.05) is 37.4 Å². The molecule has 0 bridgehead atoms. The molecule has 2 amide bonds. The summed E-state index contributed by atoms with van der Waals surface area (Å²) < 4.78 is 1.32. The number of aryl methyl sites for hydroxylation is 2. The van der Waals surface area contributed by atoms with Gasteiger partial charge in [-0.25, -0.2) is 9.97 Å². The Hall–Kier alpha value is -3.37. The van der Waals surface area contributed by atoms with Gasteiger partial charge in [0.2, 0.25) is 11.8 Å². The molecule has 1 aliphatic rings. The van der Waals surface area contributed by atoms with Gasteiger partial charge in [0.05, 0.1) is 23.8 Å². The highest BCUT2D eigenvalue weighted by atomic mass is 32.1. The van der Waals surface area contributed by atoms with Crippen LogP contribution in [0.3, 0.4) is 0 Å². The van der Waals surface area contributed by atoms with Crippen LogP contribution in [0.2, 0.25) is 0 Å². The highest BCUT2D eigenvalue weighted by Crippen LogP contribution is 2.31. The van der Waals surface area contributed by atoms with Gasteiger partial charge in [-0.05, 0) is 37.1 Å². The fourth-order valence-corrected chi connectivity index (χ4v) is 5.27. The third kappa shape index (κ3) is 3.53. The van der Waals surface area contributed by atoms with E-state index >= 15 is 0 Å². The largest absolute Gasteiger partial charge is 0.326 e. The molecule has 0 aliphatic carbocycles. The summed E-state index contributed by atoms with van der Waals surface area (Å²) in [5.74, 6) is -0.369. The molecule has 156 valence electrons. The fraction of sp³-hybridized carbons (Fsp3) is 0.190. The molecule has 31 heavy (non-hydrogen) atoms. The van der Waals surface area contributed by atoms with E-state index in [2.05, 4.69) is 20.6 Å². The third-order valence-corrected chi connectivity index (χ3v) is 7.12. The van der Waals surface area contributed by atoms with Gasteiger partial charge in [-0.15, -0.1) is 22.7 Å². The fourth-order valence-electron chi connectivity index (χ4n) is 3.55. The number of rotatable bonds is 4. The molecule has 0 spiro atoms. The summed E-state index contributed by atoms with van der Waals surface area (Å²) in [7, 11) is 0. The second-order valence-electron chi connectivity index (χ2n) is 7.32. The molecule has 0 saturated carbocycles. The number of nitrogens with zero attached hydrogens (tertiary/aromatic N) is 3. The van der Waals surface area contributed by atoms with Crippen LogP contribution in [0, 0.1) is 13.8 Å². The molecule has 0 fully saturated rings. The second kappa shape index (κ2) is 7.40. The lowest BCUT2D eigenvalue weighted by Crippen LogP contribution is -2.27. The molecular weight excluding hydrogens is 434 g/mol. The number of thiophene rings is 1. The lowest BCUT2D eigenvalue weighted by Gasteiger charge is -2.05. The van der Waals surface area contributed by atoms with Gasteiger partial charge in [-0.1, -0.05) is 6.07 Å². The number of nitrogens with one attached hydrogen (secondary N) is 2. The Labute approximate surface area is 184 Å². The number of aromatic nitrogens is 3. The first kappa shape index (κ1) is 19.6. The van der Waals surface area contributed by atoms with Crippen LogP contribution in [0.15, 0.2) is 34.7 Å². The Morgan fingerprint density at radius 1 is 1.29 bits per heavy atom. The monoisotopic (exact) mass is 451 g/mol. The maximum atomic E-state index is 12.8. The van der Waals surface area contributed by atoms with Crippen LogP contribution in [0.25, 0.3) is 21.5 Å². The van der Waals surface area contributed by atoms with Crippen molar-refractivity contribution in [1.82, 2.24) is 14.5 Å². The zero-order valence-electron chi connectivity index (χ0n) is 16.7. The molecule has 1 aliphatic heterocycles. The zero-order valence-corrected chi connectivity index (χ0v) is 18.3. The third-order valence-electron chi connectivity index (χ3n) is 5.25. The SMILES string of the molecule is Cc1sc2ncn(CC(=O)Nc3nc(-c4ccc5c(c4)CC(=O)N5)cs3)c(=O)c2c1C. The van der Waals surface area contributed by atoms with Crippen molar-refractivity contribution >= 4 is 55.5 Å². The number of anilines is 2. The van der Waals surface area contributed by atoms with E-state index < -0.39 is 0 Å². The molecule has 1 aromatic carbocycles. The second-order valence-corrected chi connectivity index (χ2v) is 9.39. The van der Waals surface area contributed by atoms with Gasteiger partial charge in [0.1, 0.15) is 11.4 Å². The molecule has 0 atom stereocenters. The van der Waals surface area contributed by atoms with Crippen LogP contribution in [0.5, 0.6) is 0 Å². The maximum Gasteiger partial charge on any atom is 0.262 e. The predicted octanol–water partition coefficient (Wildman–Crippen LogP) is 3.33. The normalized spacial score (nSPS) is 12.8. The van der Waals surface area contributed by atoms with E-state index in [1.54, 1.807) is 0 Å². The van der Waals surface area contributed by atoms with Crippen LogP contribution in [-0.4, -0.2) is 26.3 Å². The molecule has 3 aromatic heterocycles. The van der Waals surface area contributed by atoms with Crippen LogP contribution >= 0.6 is 22.7 Å².